The quantitative estimate of drug-likeness (QED) is 0.898. The molecule has 0 unspecified atom stereocenters. The first-order valence-electron chi connectivity index (χ1n) is 6.84. The molecule has 2 aromatic carbocycles. The van der Waals surface area contributed by atoms with Gasteiger partial charge in [0.1, 0.15) is 0 Å². The number of hydrogen-bond donors (Lipinski definition) is 1. The van der Waals surface area contributed by atoms with Crippen molar-refractivity contribution in [2.24, 2.45) is 0 Å². The van der Waals surface area contributed by atoms with Gasteiger partial charge in [-0.2, -0.15) is 0 Å². The molecule has 104 valence electrons. The van der Waals surface area contributed by atoms with Crippen LogP contribution < -0.4 is 10.2 Å². The number of carbonyl (C=O) groups excluding carboxylic acids is 1. The smallest absolute Gasteiger partial charge is 0.322 e. The van der Waals surface area contributed by atoms with E-state index in [1.807, 2.05) is 74.5 Å². The molecule has 0 radical (unpaired) electrons. The number of para-hydroxylation sites is 1. The molecule has 2 aromatic rings. The summed E-state index contributed by atoms with van der Waals surface area (Å²) < 4.78 is 0. The third-order valence-corrected chi connectivity index (χ3v) is 2.91. The van der Waals surface area contributed by atoms with Crippen LogP contribution in [-0.4, -0.2) is 12.1 Å². The third kappa shape index (κ3) is 3.85. The van der Waals surface area contributed by atoms with E-state index in [1.54, 1.807) is 4.90 Å². The summed E-state index contributed by atoms with van der Waals surface area (Å²) in [6, 6.07) is 19.8. The van der Waals surface area contributed by atoms with Crippen molar-refractivity contribution in [3.05, 3.63) is 66.2 Å². The van der Waals surface area contributed by atoms with Gasteiger partial charge >= 0.3 is 6.03 Å². The molecule has 0 fully saturated rings. The van der Waals surface area contributed by atoms with Crippen LogP contribution in [0.2, 0.25) is 0 Å². The number of nitrogens with one attached hydrogen (secondary N) is 1. The van der Waals surface area contributed by atoms with Gasteiger partial charge in [-0.15, -0.1) is 0 Å². The van der Waals surface area contributed by atoms with E-state index >= 15 is 0 Å². The van der Waals surface area contributed by atoms with Gasteiger partial charge in [-0.1, -0.05) is 48.5 Å². The lowest BCUT2D eigenvalue weighted by atomic mass is 10.2. The lowest BCUT2D eigenvalue weighted by molar-refractivity contribution is 0.244. The number of benzene rings is 2. The number of nitrogens with zero attached hydrogens (tertiary/aromatic N) is 1. The molecule has 1 N–H and O–H groups in total. The first-order chi connectivity index (χ1) is 9.66. The van der Waals surface area contributed by atoms with E-state index in [2.05, 4.69) is 5.32 Å². The van der Waals surface area contributed by atoms with Gasteiger partial charge in [-0.05, 0) is 31.5 Å². The Bertz CT molecular complexity index is 537. The second kappa shape index (κ2) is 6.75. The minimum Gasteiger partial charge on any atom is -0.336 e. The molecular weight excluding hydrogens is 248 g/mol. The van der Waals surface area contributed by atoms with Gasteiger partial charge in [0, 0.05) is 11.7 Å². The van der Waals surface area contributed by atoms with Gasteiger partial charge in [0.25, 0.3) is 0 Å². The molecule has 3 heteroatoms. The summed E-state index contributed by atoms with van der Waals surface area (Å²) in [5, 5.41) is 2.95. The van der Waals surface area contributed by atoms with Crippen molar-refractivity contribution in [2.75, 3.05) is 4.90 Å². The van der Waals surface area contributed by atoms with Crippen LogP contribution >= 0.6 is 0 Å². The number of hydrogen-bond acceptors (Lipinski definition) is 1. The molecule has 2 rings (SSSR count). The second-order valence-corrected chi connectivity index (χ2v) is 5.01. The van der Waals surface area contributed by atoms with E-state index in [1.165, 1.54) is 0 Å². The van der Waals surface area contributed by atoms with Gasteiger partial charge < -0.3 is 5.32 Å². The average Bonchev–Trinajstić information content (AvgIpc) is 2.46. The molecule has 2 amide bonds. The zero-order chi connectivity index (χ0) is 14.4. The maximum absolute atomic E-state index is 12.4. The fourth-order valence-electron chi connectivity index (χ4n) is 1.98. The zero-order valence-electron chi connectivity index (χ0n) is 11.9. The number of urea groups is 1. The molecule has 3 nitrogen and oxygen atoms in total. The number of amides is 2. The average molecular weight is 268 g/mol. The van der Waals surface area contributed by atoms with Gasteiger partial charge in [0.05, 0.1) is 6.54 Å². The number of rotatable bonds is 4. The van der Waals surface area contributed by atoms with Gasteiger partial charge in [-0.3, -0.25) is 4.90 Å². The fraction of sp³-hybridized carbons (Fsp3) is 0.235. The third-order valence-electron chi connectivity index (χ3n) is 2.91. The highest BCUT2D eigenvalue weighted by atomic mass is 16.2. The van der Waals surface area contributed by atoms with Crippen LogP contribution in [-0.2, 0) is 6.54 Å². The Morgan fingerprint density at radius 2 is 1.55 bits per heavy atom. The standard InChI is InChI=1S/C17H20N2O/c1-14(2)18-17(20)19(16-11-7-4-8-12-16)13-15-9-5-3-6-10-15/h3-12,14H,13H2,1-2H3,(H,18,20). The fourth-order valence-corrected chi connectivity index (χ4v) is 1.98. The molecule has 0 aromatic heterocycles. The first-order valence-corrected chi connectivity index (χ1v) is 6.84. The Kier molecular flexibility index (Phi) is 4.77. The molecule has 0 aliphatic rings. The highest BCUT2D eigenvalue weighted by molar-refractivity contribution is 5.92. The van der Waals surface area contributed by atoms with Crippen LogP contribution in [0.15, 0.2) is 60.7 Å². The van der Waals surface area contributed by atoms with Crippen LogP contribution in [0.4, 0.5) is 10.5 Å². The Morgan fingerprint density at radius 3 is 2.10 bits per heavy atom. The minimum atomic E-state index is -0.0740. The molecule has 0 heterocycles. The van der Waals surface area contributed by atoms with E-state index in [0.717, 1.165) is 11.3 Å². The highest BCUT2D eigenvalue weighted by Crippen LogP contribution is 2.17. The predicted molar refractivity (Wildman–Crippen MR) is 82.7 cm³/mol. The molecule has 0 aliphatic carbocycles. The first kappa shape index (κ1) is 14.1. The van der Waals surface area contributed by atoms with E-state index in [0.29, 0.717) is 6.54 Å². The van der Waals surface area contributed by atoms with Crippen LogP contribution in [0.5, 0.6) is 0 Å². The SMILES string of the molecule is CC(C)NC(=O)N(Cc1ccccc1)c1ccccc1. The van der Waals surface area contributed by atoms with Crippen LogP contribution in [0.3, 0.4) is 0 Å². The molecule has 0 bridgehead atoms. The second-order valence-electron chi connectivity index (χ2n) is 5.01. The minimum absolute atomic E-state index is 0.0740. The van der Waals surface area contributed by atoms with Crippen molar-refractivity contribution in [3.63, 3.8) is 0 Å². The van der Waals surface area contributed by atoms with Crippen molar-refractivity contribution in [1.82, 2.24) is 5.32 Å². The summed E-state index contributed by atoms with van der Waals surface area (Å²) >= 11 is 0. The highest BCUT2D eigenvalue weighted by Gasteiger charge is 2.16. The lowest BCUT2D eigenvalue weighted by Crippen LogP contribution is -2.42. The van der Waals surface area contributed by atoms with Gasteiger partial charge in [0.15, 0.2) is 0 Å². The topological polar surface area (TPSA) is 32.3 Å². The Labute approximate surface area is 120 Å². The maximum atomic E-state index is 12.4. The Morgan fingerprint density at radius 1 is 1.00 bits per heavy atom. The van der Waals surface area contributed by atoms with Crippen molar-refractivity contribution >= 4 is 11.7 Å². The number of carbonyl (C=O) groups is 1. The molecule has 20 heavy (non-hydrogen) atoms. The predicted octanol–water partition coefficient (Wildman–Crippen LogP) is 3.81. The molecular formula is C17H20N2O. The van der Waals surface area contributed by atoms with E-state index in [4.69, 9.17) is 0 Å². The zero-order valence-corrected chi connectivity index (χ0v) is 11.9. The molecule has 0 saturated carbocycles. The van der Waals surface area contributed by atoms with Crippen LogP contribution in [0.1, 0.15) is 19.4 Å². The summed E-state index contributed by atoms with van der Waals surface area (Å²) in [5.74, 6) is 0. The Balaban J connectivity index is 2.23. The monoisotopic (exact) mass is 268 g/mol. The molecule has 0 saturated heterocycles. The summed E-state index contributed by atoms with van der Waals surface area (Å²) in [5.41, 5.74) is 2.00. The molecule has 0 spiro atoms. The lowest BCUT2D eigenvalue weighted by Gasteiger charge is -2.24. The largest absolute Gasteiger partial charge is 0.336 e. The summed E-state index contributed by atoms with van der Waals surface area (Å²) in [6.07, 6.45) is 0. The van der Waals surface area contributed by atoms with Crippen LogP contribution in [0.25, 0.3) is 0 Å². The van der Waals surface area contributed by atoms with Crippen molar-refractivity contribution in [3.8, 4) is 0 Å². The molecule has 0 atom stereocenters. The summed E-state index contributed by atoms with van der Waals surface area (Å²) in [4.78, 5) is 14.1. The Hall–Kier alpha value is -2.29. The molecule has 0 aliphatic heterocycles. The van der Waals surface area contributed by atoms with E-state index < -0.39 is 0 Å². The normalized spacial score (nSPS) is 10.3. The van der Waals surface area contributed by atoms with E-state index in [-0.39, 0.29) is 12.1 Å². The van der Waals surface area contributed by atoms with Crippen LogP contribution in [0, 0.1) is 0 Å². The van der Waals surface area contributed by atoms with Crippen molar-refractivity contribution in [1.29, 1.82) is 0 Å². The van der Waals surface area contributed by atoms with Gasteiger partial charge in [0.2, 0.25) is 0 Å². The van der Waals surface area contributed by atoms with Gasteiger partial charge in [-0.25, -0.2) is 4.79 Å². The maximum Gasteiger partial charge on any atom is 0.322 e. The summed E-state index contributed by atoms with van der Waals surface area (Å²) in [6.45, 7) is 4.48. The van der Waals surface area contributed by atoms with Crippen molar-refractivity contribution < 1.29 is 4.79 Å². The summed E-state index contributed by atoms with van der Waals surface area (Å²) in [7, 11) is 0. The number of anilines is 1. The van der Waals surface area contributed by atoms with E-state index in [9.17, 15) is 4.79 Å². The van der Waals surface area contributed by atoms with Crippen molar-refractivity contribution in [2.45, 2.75) is 26.4 Å².